The van der Waals surface area contributed by atoms with E-state index < -0.39 is 11.8 Å². The number of nitrogens with zero attached hydrogens (tertiary/aromatic N) is 2. The summed E-state index contributed by atoms with van der Waals surface area (Å²) in [7, 11) is 5.54. The average Bonchev–Trinajstić information content (AvgIpc) is 3.29. The van der Waals surface area contributed by atoms with Gasteiger partial charge in [-0.1, -0.05) is 24.3 Å². The number of carbonyl (C=O) groups is 2. The highest BCUT2D eigenvalue weighted by Gasteiger charge is 2.25. The van der Waals surface area contributed by atoms with Crippen LogP contribution < -0.4 is 20.3 Å². The molecule has 3 rings (SSSR count). The van der Waals surface area contributed by atoms with Gasteiger partial charge < -0.3 is 20.3 Å². The number of nitrogens with one attached hydrogen (secondary N) is 2. The Morgan fingerprint density at radius 3 is 2.33 bits per heavy atom. The van der Waals surface area contributed by atoms with Gasteiger partial charge in [-0.2, -0.15) is 0 Å². The van der Waals surface area contributed by atoms with E-state index in [-0.39, 0.29) is 6.04 Å². The first kappa shape index (κ1) is 21.6. The fraction of sp³-hybridized carbons (Fsp3) is 0.391. The van der Waals surface area contributed by atoms with Gasteiger partial charge in [-0.3, -0.25) is 14.5 Å². The Kier molecular flexibility index (Phi) is 7.30. The highest BCUT2D eigenvalue weighted by Crippen LogP contribution is 2.26. The van der Waals surface area contributed by atoms with Crippen molar-refractivity contribution in [3.63, 3.8) is 0 Å². The smallest absolute Gasteiger partial charge is 0.313 e. The third kappa shape index (κ3) is 5.30. The van der Waals surface area contributed by atoms with Crippen LogP contribution in [0.1, 0.15) is 24.4 Å². The van der Waals surface area contributed by atoms with Crippen molar-refractivity contribution in [2.24, 2.45) is 0 Å². The highest BCUT2D eigenvalue weighted by atomic mass is 16.5. The third-order valence-corrected chi connectivity index (χ3v) is 5.39. The van der Waals surface area contributed by atoms with Crippen molar-refractivity contribution in [1.82, 2.24) is 10.2 Å². The number of methoxy groups -OCH3 is 1. The second kappa shape index (κ2) is 10.1. The van der Waals surface area contributed by atoms with Crippen molar-refractivity contribution in [1.29, 1.82) is 0 Å². The molecular formula is C23H30N4O3. The molecule has 7 nitrogen and oxygen atoms in total. The zero-order valence-corrected chi connectivity index (χ0v) is 17.9. The summed E-state index contributed by atoms with van der Waals surface area (Å²) in [6, 6.07) is 15.4. The maximum atomic E-state index is 12.5. The molecule has 7 heteroatoms. The van der Waals surface area contributed by atoms with Crippen molar-refractivity contribution in [2.75, 3.05) is 51.1 Å². The zero-order chi connectivity index (χ0) is 21.5. The van der Waals surface area contributed by atoms with E-state index in [4.69, 9.17) is 4.74 Å². The molecule has 0 unspecified atom stereocenters. The topological polar surface area (TPSA) is 73.9 Å². The Morgan fingerprint density at radius 1 is 1.03 bits per heavy atom. The molecule has 1 aliphatic rings. The molecule has 1 atom stereocenters. The Bertz CT molecular complexity index is 861. The number of carbonyl (C=O) groups excluding carboxylic acids is 2. The van der Waals surface area contributed by atoms with Crippen LogP contribution in [0.4, 0.5) is 11.4 Å². The van der Waals surface area contributed by atoms with Gasteiger partial charge in [0.15, 0.2) is 0 Å². The standard InChI is InChI=1S/C23H30N4O3/c1-26(2)18-12-10-17(11-13-18)20(27-14-6-7-15-27)16-24-22(28)23(29)25-19-8-4-5-9-21(19)30-3/h4-5,8-13,20H,6-7,14-16H2,1-3H3,(H,24,28)(H,25,29)/t20-/m1/s1. The van der Waals surface area contributed by atoms with E-state index >= 15 is 0 Å². The van der Waals surface area contributed by atoms with E-state index in [0.29, 0.717) is 18.0 Å². The van der Waals surface area contributed by atoms with E-state index in [1.165, 1.54) is 7.11 Å². The van der Waals surface area contributed by atoms with E-state index in [1.807, 2.05) is 14.1 Å². The Morgan fingerprint density at radius 2 is 1.70 bits per heavy atom. The van der Waals surface area contributed by atoms with Crippen LogP contribution in [0.25, 0.3) is 0 Å². The molecule has 1 aliphatic heterocycles. The lowest BCUT2D eigenvalue weighted by Gasteiger charge is -2.28. The number of benzene rings is 2. The van der Waals surface area contributed by atoms with Crippen LogP contribution in [0.15, 0.2) is 48.5 Å². The Hall–Kier alpha value is -3.06. The molecule has 2 N–H and O–H groups in total. The normalized spacial score (nSPS) is 14.8. The summed E-state index contributed by atoms with van der Waals surface area (Å²) < 4.78 is 5.22. The number of likely N-dealkylation sites (tertiary alicyclic amines) is 1. The van der Waals surface area contributed by atoms with Crippen LogP contribution >= 0.6 is 0 Å². The van der Waals surface area contributed by atoms with Gasteiger partial charge in [-0.25, -0.2) is 0 Å². The van der Waals surface area contributed by atoms with Crippen molar-refractivity contribution < 1.29 is 14.3 Å². The number of anilines is 2. The zero-order valence-electron chi connectivity index (χ0n) is 17.9. The molecule has 0 radical (unpaired) electrons. The minimum atomic E-state index is -0.706. The van der Waals surface area contributed by atoms with Gasteiger partial charge in [0, 0.05) is 26.3 Å². The van der Waals surface area contributed by atoms with Crippen LogP contribution in [0.3, 0.4) is 0 Å². The van der Waals surface area contributed by atoms with E-state index in [1.54, 1.807) is 24.3 Å². The minimum Gasteiger partial charge on any atom is -0.495 e. The first-order valence-corrected chi connectivity index (χ1v) is 10.2. The molecule has 0 bridgehead atoms. The molecule has 160 valence electrons. The SMILES string of the molecule is COc1ccccc1NC(=O)C(=O)NC[C@H](c1ccc(N(C)C)cc1)N1CCCC1. The largest absolute Gasteiger partial charge is 0.495 e. The summed E-state index contributed by atoms with van der Waals surface area (Å²) in [6.45, 7) is 2.35. The number of para-hydroxylation sites is 2. The predicted molar refractivity (Wildman–Crippen MR) is 119 cm³/mol. The molecule has 0 aromatic heterocycles. The van der Waals surface area contributed by atoms with E-state index in [0.717, 1.165) is 37.2 Å². The quantitative estimate of drug-likeness (QED) is 0.687. The van der Waals surface area contributed by atoms with Gasteiger partial charge in [-0.05, 0) is 55.8 Å². The van der Waals surface area contributed by atoms with E-state index in [9.17, 15) is 9.59 Å². The van der Waals surface area contributed by atoms with Gasteiger partial charge in [0.1, 0.15) is 5.75 Å². The number of hydrogen-bond acceptors (Lipinski definition) is 5. The van der Waals surface area contributed by atoms with Gasteiger partial charge >= 0.3 is 11.8 Å². The van der Waals surface area contributed by atoms with Gasteiger partial charge in [-0.15, -0.1) is 0 Å². The lowest BCUT2D eigenvalue weighted by molar-refractivity contribution is -0.136. The molecule has 0 saturated carbocycles. The fourth-order valence-electron chi connectivity index (χ4n) is 3.70. The summed E-state index contributed by atoms with van der Waals surface area (Å²) in [6.07, 6.45) is 2.29. The fourth-order valence-corrected chi connectivity index (χ4v) is 3.70. The maximum absolute atomic E-state index is 12.5. The van der Waals surface area contributed by atoms with Crippen LogP contribution in [-0.4, -0.2) is 57.6 Å². The van der Waals surface area contributed by atoms with E-state index in [2.05, 4.69) is 44.7 Å². The first-order valence-electron chi connectivity index (χ1n) is 10.2. The molecule has 1 fully saturated rings. The molecule has 2 aromatic carbocycles. The molecule has 0 aliphatic carbocycles. The minimum absolute atomic E-state index is 0.0340. The number of ether oxygens (including phenoxy) is 1. The second-order valence-corrected chi connectivity index (χ2v) is 7.61. The predicted octanol–water partition coefficient (Wildman–Crippen LogP) is 2.65. The van der Waals surface area contributed by atoms with Crippen LogP contribution in [0, 0.1) is 0 Å². The maximum Gasteiger partial charge on any atom is 0.313 e. The van der Waals surface area contributed by atoms with Gasteiger partial charge in [0.05, 0.1) is 18.8 Å². The molecule has 30 heavy (non-hydrogen) atoms. The van der Waals surface area contributed by atoms with Crippen LogP contribution in [0.2, 0.25) is 0 Å². The molecule has 1 heterocycles. The van der Waals surface area contributed by atoms with Crippen molar-refractivity contribution in [3.05, 3.63) is 54.1 Å². The Balaban J connectivity index is 1.66. The molecule has 2 amide bonds. The summed E-state index contributed by atoms with van der Waals surface area (Å²) in [5, 5.41) is 5.43. The summed E-state index contributed by atoms with van der Waals surface area (Å²) in [5.74, 6) is -0.854. The summed E-state index contributed by atoms with van der Waals surface area (Å²) in [4.78, 5) is 29.2. The van der Waals surface area contributed by atoms with Gasteiger partial charge in [0.2, 0.25) is 0 Å². The van der Waals surface area contributed by atoms with Gasteiger partial charge in [0.25, 0.3) is 0 Å². The molecule has 0 spiro atoms. The lowest BCUT2D eigenvalue weighted by atomic mass is 10.0. The molecule has 1 saturated heterocycles. The van der Waals surface area contributed by atoms with Crippen LogP contribution in [0.5, 0.6) is 5.75 Å². The first-order chi connectivity index (χ1) is 14.5. The monoisotopic (exact) mass is 410 g/mol. The van der Waals surface area contributed by atoms with Crippen LogP contribution in [-0.2, 0) is 9.59 Å². The summed E-state index contributed by atoms with van der Waals surface area (Å²) in [5.41, 5.74) is 2.72. The highest BCUT2D eigenvalue weighted by molar-refractivity contribution is 6.39. The second-order valence-electron chi connectivity index (χ2n) is 7.61. The van der Waals surface area contributed by atoms with Crippen molar-refractivity contribution >= 4 is 23.2 Å². The number of amides is 2. The van der Waals surface area contributed by atoms with Crippen molar-refractivity contribution in [3.8, 4) is 5.75 Å². The number of hydrogen-bond donors (Lipinski definition) is 2. The lowest BCUT2D eigenvalue weighted by Crippen LogP contribution is -2.41. The third-order valence-electron chi connectivity index (χ3n) is 5.39. The van der Waals surface area contributed by atoms with Crippen molar-refractivity contribution in [2.45, 2.75) is 18.9 Å². The molecule has 2 aromatic rings. The Labute approximate surface area is 178 Å². The molecular weight excluding hydrogens is 380 g/mol. The summed E-state index contributed by atoms with van der Waals surface area (Å²) >= 11 is 0. The number of rotatable bonds is 7. The average molecular weight is 411 g/mol.